The van der Waals surface area contributed by atoms with Crippen LogP contribution >= 0.6 is 11.6 Å². The number of carbonyl (C=O) groups excluding carboxylic acids is 1. The Balaban J connectivity index is 1.65. The van der Waals surface area contributed by atoms with Crippen LogP contribution in [0.15, 0.2) is 30.5 Å². The number of imidazole rings is 1. The van der Waals surface area contributed by atoms with E-state index in [9.17, 15) is 14.9 Å². The Morgan fingerprint density at radius 1 is 1.30 bits per heavy atom. The lowest BCUT2D eigenvalue weighted by Crippen LogP contribution is -2.32. The van der Waals surface area contributed by atoms with E-state index in [0.29, 0.717) is 33.3 Å². The van der Waals surface area contributed by atoms with Crippen LogP contribution in [0.3, 0.4) is 0 Å². The van der Waals surface area contributed by atoms with Gasteiger partial charge >= 0.3 is 6.03 Å². The Hall–Kier alpha value is -3.20. The molecule has 2 amide bonds. The van der Waals surface area contributed by atoms with E-state index in [2.05, 4.69) is 20.3 Å². The molecule has 3 aromatic rings. The van der Waals surface area contributed by atoms with Gasteiger partial charge in [-0.05, 0) is 31.0 Å². The predicted molar refractivity (Wildman–Crippen MR) is 101 cm³/mol. The second kappa shape index (κ2) is 6.84. The van der Waals surface area contributed by atoms with Gasteiger partial charge in [-0.2, -0.15) is 0 Å². The number of aromatic amines is 1. The topological polar surface area (TPSA) is 117 Å². The zero-order valence-electron chi connectivity index (χ0n) is 14.1. The number of H-pyrrole nitrogens is 1. The molecular weight excluding hydrogens is 372 g/mol. The SMILES string of the molecule is O=C(Nc1ccc(Cl)c(-c2nc3ncc([N+](=O)[O-])cc3[nH]2)c1)N1CCCC1. The number of amides is 2. The lowest BCUT2D eigenvalue weighted by molar-refractivity contribution is -0.385. The summed E-state index contributed by atoms with van der Waals surface area (Å²) in [5, 5.41) is 14.2. The number of aromatic nitrogens is 3. The van der Waals surface area contributed by atoms with Crippen molar-refractivity contribution in [3.8, 4) is 11.4 Å². The molecule has 2 N–H and O–H groups in total. The molecule has 3 heterocycles. The highest BCUT2D eigenvalue weighted by atomic mass is 35.5. The maximum Gasteiger partial charge on any atom is 0.321 e. The largest absolute Gasteiger partial charge is 0.336 e. The number of hydrogen-bond donors (Lipinski definition) is 2. The molecule has 1 aliphatic heterocycles. The molecule has 2 aromatic heterocycles. The smallest absolute Gasteiger partial charge is 0.321 e. The number of anilines is 1. The van der Waals surface area contributed by atoms with Crippen molar-refractivity contribution >= 4 is 40.2 Å². The van der Waals surface area contributed by atoms with Crippen LogP contribution in [0, 0.1) is 10.1 Å². The normalized spacial score (nSPS) is 13.9. The number of nitrogens with zero attached hydrogens (tertiary/aromatic N) is 4. The van der Waals surface area contributed by atoms with Gasteiger partial charge < -0.3 is 15.2 Å². The van der Waals surface area contributed by atoms with Gasteiger partial charge in [-0.1, -0.05) is 11.6 Å². The van der Waals surface area contributed by atoms with E-state index in [1.807, 2.05) is 0 Å². The molecular formula is C17H15ClN6O3. The highest BCUT2D eigenvalue weighted by Crippen LogP contribution is 2.30. The van der Waals surface area contributed by atoms with Gasteiger partial charge in [-0.15, -0.1) is 0 Å². The summed E-state index contributed by atoms with van der Waals surface area (Å²) in [6, 6.07) is 6.31. The first-order valence-corrected chi connectivity index (χ1v) is 8.75. The van der Waals surface area contributed by atoms with E-state index >= 15 is 0 Å². The number of carbonyl (C=O) groups is 1. The minimum absolute atomic E-state index is 0.129. The molecule has 0 radical (unpaired) electrons. The summed E-state index contributed by atoms with van der Waals surface area (Å²) in [5.41, 5.74) is 1.80. The van der Waals surface area contributed by atoms with Crippen molar-refractivity contribution in [2.75, 3.05) is 18.4 Å². The average molecular weight is 387 g/mol. The van der Waals surface area contributed by atoms with E-state index in [4.69, 9.17) is 11.6 Å². The first kappa shape index (κ1) is 17.2. The van der Waals surface area contributed by atoms with Gasteiger partial charge in [0.1, 0.15) is 12.0 Å². The molecule has 0 unspecified atom stereocenters. The molecule has 1 aliphatic rings. The van der Waals surface area contributed by atoms with Crippen LogP contribution in [0.25, 0.3) is 22.6 Å². The minimum atomic E-state index is -0.519. The van der Waals surface area contributed by atoms with Crippen molar-refractivity contribution < 1.29 is 9.72 Å². The first-order chi connectivity index (χ1) is 13.0. The molecule has 0 aliphatic carbocycles. The predicted octanol–water partition coefficient (Wildman–Crippen LogP) is 3.81. The van der Waals surface area contributed by atoms with E-state index < -0.39 is 4.92 Å². The number of pyridine rings is 1. The number of fused-ring (bicyclic) bond motifs is 1. The van der Waals surface area contributed by atoms with Crippen molar-refractivity contribution in [2.45, 2.75) is 12.8 Å². The van der Waals surface area contributed by atoms with Crippen LogP contribution in [-0.2, 0) is 0 Å². The van der Waals surface area contributed by atoms with Crippen molar-refractivity contribution in [1.82, 2.24) is 19.9 Å². The molecule has 10 heteroatoms. The Bertz CT molecular complexity index is 1040. The molecule has 1 fully saturated rings. The molecule has 1 saturated heterocycles. The van der Waals surface area contributed by atoms with Gasteiger partial charge in [-0.3, -0.25) is 10.1 Å². The molecule has 9 nitrogen and oxygen atoms in total. The van der Waals surface area contributed by atoms with Crippen molar-refractivity contribution in [1.29, 1.82) is 0 Å². The maximum atomic E-state index is 12.3. The average Bonchev–Trinajstić information content (AvgIpc) is 3.32. The van der Waals surface area contributed by atoms with Gasteiger partial charge in [0.05, 0.1) is 15.5 Å². The zero-order valence-corrected chi connectivity index (χ0v) is 14.9. The number of hydrogen-bond acceptors (Lipinski definition) is 5. The highest BCUT2D eigenvalue weighted by Gasteiger charge is 2.19. The van der Waals surface area contributed by atoms with Gasteiger partial charge in [0.2, 0.25) is 0 Å². The van der Waals surface area contributed by atoms with Crippen molar-refractivity contribution in [3.05, 3.63) is 45.6 Å². The fraction of sp³-hybridized carbons (Fsp3) is 0.235. The third kappa shape index (κ3) is 3.41. The fourth-order valence-corrected chi connectivity index (χ4v) is 3.23. The van der Waals surface area contributed by atoms with Crippen molar-refractivity contribution in [3.63, 3.8) is 0 Å². The zero-order chi connectivity index (χ0) is 19.0. The Morgan fingerprint density at radius 3 is 2.81 bits per heavy atom. The number of likely N-dealkylation sites (tertiary alicyclic amines) is 1. The van der Waals surface area contributed by atoms with Crippen LogP contribution in [0.2, 0.25) is 5.02 Å². The molecule has 0 spiro atoms. The standard InChI is InChI=1S/C17H15ClN6O3/c18-13-4-3-10(20-17(25)23-5-1-2-6-23)7-12(13)15-21-14-8-11(24(26)27)9-19-16(14)22-15/h3-4,7-9H,1-2,5-6H2,(H,20,25)(H,19,21,22). The molecule has 4 rings (SSSR count). The number of nitro groups is 1. The molecule has 1 aromatic carbocycles. The summed E-state index contributed by atoms with van der Waals surface area (Å²) in [4.78, 5) is 35.8. The van der Waals surface area contributed by atoms with Crippen molar-refractivity contribution in [2.24, 2.45) is 0 Å². The first-order valence-electron chi connectivity index (χ1n) is 8.37. The molecule has 0 saturated carbocycles. The summed E-state index contributed by atoms with van der Waals surface area (Å²) >= 11 is 6.29. The van der Waals surface area contributed by atoms with Crippen LogP contribution in [0.4, 0.5) is 16.2 Å². The van der Waals surface area contributed by atoms with Crippen LogP contribution in [0.5, 0.6) is 0 Å². The molecule has 138 valence electrons. The Morgan fingerprint density at radius 2 is 2.07 bits per heavy atom. The van der Waals surface area contributed by atoms with E-state index in [1.165, 1.54) is 6.07 Å². The summed E-state index contributed by atoms with van der Waals surface area (Å²) in [6.45, 7) is 1.50. The molecule has 0 bridgehead atoms. The monoisotopic (exact) mass is 386 g/mol. The maximum absolute atomic E-state index is 12.3. The van der Waals surface area contributed by atoms with E-state index in [0.717, 1.165) is 32.1 Å². The minimum Gasteiger partial charge on any atom is -0.336 e. The number of nitrogens with one attached hydrogen (secondary N) is 2. The molecule has 0 atom stereocenters. The highest BCUT2D eigenvalue weighted by molar-refractivity contribution is 6.33. The lowest BCUT2D eigenvalue weighted by Gasteiger charge is -2.16. The summed E-state index contributed by atoms with van der Waals surface area (Å²) in [7, 11) is 0. The summed E-state index contributed by atoms with van der Waals surface area (Å²) < 4.78 is 0. The summed E-state index contributed by atoms with van der Waals surface area (Å²) in [6.07, 6.45) is 3.18. The van der Waals surface area contributed by atoms with Crippen LogP contribution in [-0.4, -0.2) is 43.9 Å². The number of urea groups is 1. The second-order valence-electron chi connectivity index (χ2n) is 6.23. The third-order valence-corrected chi connectivity index (χ3v) is 4.73. The van der Waals surface area contributed by atoms with E-state index in [1.54, 1.807) is 23.1 Å². The van der Waals surface area contributed by atoms with Gasteiger partial charge in [0.15, 0.2) is 5.65 Å². The lowest BCUT2D eigenvalue weighted by atomic mass is 10.2. The van der Waals surface area contributed by atoms with Gasteiger partial charge in [-0.25, -0.2) is 14.8 Å². The molecule has 27 heavy (non-hydrogen) atoms. The van der Waals surface area contributed by atoms with Crippen LogP contribution < -0.4 is 5.32 Å². The number of benzene rings is 1. The van der Waals surface area contributed by atoms with E-state index in [-0.39, 0.29) is 11.7 Å². The second-order valence-corrected chi connectivity index (χ2v) is 6.63. The number of rotatable bonds is 3. The third-order valence-electron chi connectivity index (χ3n) is 4.40. The Labute approximate surface area is 158 Å². The van der Waals surface area contributed by atoms with Gasteiger partial charge in [0.25, 0.3) is 5.69 Å². The number of halogens is 1. The fourth-order valence-electron chi connectivity index (χ4n) is 3.02. The quantitative estimate of drug-likeness (QED) is 0.524. The van der Waals surface area contributed by atoms with Gasteiger partial charge in [0, 0.05) is 30.4 Å². The van der Waals surface area contributed by atoms with Crippen LogP contribution in [0.1, 0.15) is 12.8 Å². The summed E-state index contributed by atoms with van der Waals surface area (Å²) in [5.74, 6) is 0.417. The Kier molecular flexibility index (Phi) is 4.36.